The van der Waals surface area contributed by atoms with Crippen LogP contribution in [0.3, 0.4) is 0 Å². The monoisotopic (exact) mass is 459 g/mol. The van der Waals surface area contributed by atoms with E-state index in [0.717, 1.165) is 33.2 Å². The third-order valence-corrected chi connectivity index (χ3v) is 5.62. The van der Waals surface area contributed by atoms with Crippen molar-refractivity contribution in [2.45, 2.75) is 13.5 Å². The minimum Gasteiger partial charge on any atom is -0.465 e. The standard InChI is InChI=1S/C24H21N5O3S/c1-15-4-9-19(27-22(30)17-7-5-16(6-8-17)12-26-24(31)32)11-20(15)28-23-29-21(14-33-23)18-3-2-10-25-13-18/h2-11,13-14,26H,12H2,1H3,(H,27,30)(H,28,29)(H,31,32). The first-order valence-corrected chi connectivity index (χ1v) is 11.0. The fraction of sp³-hybridized carbons (Fsp3) is 0.0833. The third kappa shape index (κ3) is 5.72. The van der Waals surface area contributed by atoms with E-state index < -0.39 is 6.09 Å². The van der Waals surface area contributed by atoms with E-state index in [2.05, 4.69) is 25.9 Å². The Morgan fingerprint density at radius 3 is 2.64 bits per heavy atom. The number of carboxylic acid groups (broad SMARTS) is 1. The quantitative estimate of drug-likeness (QED) is 0.299. The Labute approximate surface area is 194 Å². The fourth-order valence-corrected chi connectivity index (χ4v) is 3.81. The molecular weight excluding hydrogens is 438 g/mol. The maximum atomic E-state index is 12.6. The molecule has 0 unspecified atom stereocenters. The number of amides is 2. The van der Waals surface area contributed by atoms with E-state index in [0.29, 0.717) is 11.3 Å². The van der Waals surface area contributed by atoms with E-state index in [1.165, 1.54) is 11.3 Å². The van der Waals surface area contributed by atoms with Gasteiger partial charge in [-0.1, -0.05) is 18.2 Å². The number of carbonyl (C=O) groups is 2. The normalized spacial score (nSPS) is 10.5. The molecule has 0 saturated carbocycles. The molecule has 2 heterocycles. The number of pyridine rings is 1. The minimum absolute atomic E-state index is 0.184. The molecule has 0 atom stereocenters. The summed E-state index contributed by atoms with van der Waals surface area (Å²) in [5.41, 5.74) is 5.55. The maximum Gasteiger partial charge on any atom is 0.404 e. The van der Waals surface area contributed by atoms with Crippen LogP contribution in [0.4, 0.5) is 21.3 Å². The van der Waals surface area contributed by atoms with Crippen molar-refractivity contribution in [1.29, 1.82) is 0 Å². The second-order valence-electron chi connectivity index (χ2n) is 7.24. The van der Waals surface area contributed by atoms with Gasteiger partial charge in [0.25, 0.3) is 5.91 Å². The molecule has 0 bridgehead atoms. The van der Waals surface area contributed by atoms with Gasteiger partial charge in [-0.05, 0) is 54.4 Å². The first-order chi connectivity index (χ1) is 16.0. The van der Waals surface area contributed by atoms with Crippen LogP contribution in [0.5, 0.6) is 0 Å². The lowest BCUT2D eigenvalue weighted by molar-refractivity contribution is 0.102. The van der Waals surface area contributed by atoms with Crippen molar-refractivity contribution in [2.75, 3.05) is 10.6 Å². The van der Waals surface area contributed by atoms with E-state index in [1.54, 1.807) is 36.7 Å². The van der Waals surface area contributed by atoms with Crippen LogP contribution in [0.1, 0.15) is 21.5 Å². The van der Waals surface area contributed by atoms with Gasteiger partial charge in [0.2, 0.25) is 0 Å². The summed E-state index contributed by atoms with van der Waals surface area (Å²) in [5, 5.41) is 19.9. The van der Waals surface area contributed by atoms with Gasteiger partial charge in [0.05, 0.1) is 5.69 Å². The highest BCUT2D eigenvalue weighted by molar-refractivity contribution is 7.14. The van der Waals surface area contributed by atoms with Gasteiger partial charge in [-0.15, -0.1) is 11.3 Å². The molecule has 0 spiro atoms. The number of carbonyl (C=O) groups excluding carboxylic acids is 1. The molecule has 0 aliphatic carbocycles. The summed E-state index contributed by atoms with van der Waals surface area (Å²) >= 11 is 1.49. The SMILES string of the molecule is Cc1ccc(NC(=O)c2ccc(CNC(=O)O)cc2)cc1Nc1nc(-c2cccnc2)cs1. The van der Waals surface area contributed by atoms with Crippen LogP contribution in [-0.4, -0.2) is 27.1 Å². The van der Waals surface area contributed by atoms with Crippen LogP contribution in [0, 0.1) is 6.92 Å². The molecule has 0 aliphatic heterocycles. The summed E-state index contributed by atoms with van der Waals surface area (Å²) < 4.78 is 0. The van der Waals surface area contributed by atoms with E-state index in [4.69, 9.17) is 5.11 Å². The van der Waals surface area contributed by atoms with E-state index in [1.807, 2.05) is 42.6 Å². The zero-order chi connectivity index (χ0) is 23.2. The molecule has 4 N–H and O–H groups in total. The van der Waals surface area contributed by atoms with Crippen molar-refractivity contribution < 1.29 is 14.7 Å². The highest BCUT2D eigenvalue weighted by Gasteiger charge is 2.10. The minimum atomic E-state index is -1.09. The average Bonchev–Trinajstić information content (AvgIpc) is 3.29. The highest BCUT2D eigenvalue weighted by Crippen LogP contribution is 2.29. The van der Waals surface area contributed by atoms with Crippen LogP contribution >= 0.6 is 11.3 Å². The summed E-state index contributed by atoms with van der Waals surface area (Å²) in [6.07, 6.45) is 2.41. The second-order valence-corrected chi connectivity index (χ2v) is 8.10. The molecule has 8 nitrogen and oxygen atoms in total. The highest BCUT2D eigenvalue weighted by atomic mass is 32.1. The average molecular weight is 460 g/mol. The lowest BCUT2D eigenvalue weighted by Gasteiger charge is -2.11. The number of benzene rings is 2. The van der Waals surface area contributed by atoms with E-state index >= 15 is 0 Å². The molecule has 2 amide bonds. The van der Waals surface area contributed by atoms with Crippen molar-refractivity contribution in [3.8, 4) is 11.3 Å². The number of hydrogen-bond donors (Lipinski definition) is 4. The summed E-state index contributed by atoms with van der Waals surface area (Å²) in [6, 6.07) is 16.2. The lowest BCUT2D eigenvalue weighted by Crippen LogP contribution is -2.20. The lowest BCUT2D eigenvalue weighted by atomic mass is 10.1. The molecule has 166 valence electrons. The van der Waals surface area contributed by atoms with Gasteiger partial charge >= 0.3 is 6.09 Å². The van der Waals surface area contributed by atoms with Crippen LogP contribution in [-0.2, 0) is 6.54 Å². The van der Waals surface area contributed by atoms with Gasteiger partial charge in [0.15, 0.2) is 5.13 Å². The Balaban J connectivity index is 1.43. The maximum absolute atomic E-state index is 12.6. The number of hydrogen-bond acceptors (Lipinski definition) is 6. The first-order valence-electron chi connectivity index (χ1n) is 10.1. The molecule has 2 aromatic heterocycles. The number of nitrogens with one attached hydrogen (secondary N) is 3. The fourth-order valence-electron chi connectivity index (χ4n) is 3.08. The Morgan fingerprint density at radius 2 is 1.91 bits per heavy atom. The van der Waals surface area contributed by atoms with Gasteiger partial charge in [-0.2, -0.15) is 0 Å². The molecule has 0 saturated heterocycles. The van der Waals surface area contributed by atoms with Gasteiger partial charge in [0.1, 0.15) is 0 Å². The molecule has 33 heavy (non-hydrogen) atoms. The Bertz CT molecular complexity index is 1270. The van der Waals surface area contributed by atoms with Crippen LogP contribution in [0.25, 0.3) is 11.3 Å². The first kappa shape index (κ1) is 22.0. The predicted octanol–water partition coefficient (Wildman–Crippen LogP) is 5.28. The molecule has 9 heteroatoms. The molecule has 0 fully saturated rings. The zero-order valence-corrected chi connectivity index (χ0v) is 18.5. The Morgan fingerprint density at radius 1 is 1.09 bits per heavy atom. The molecule has 0 aliphatic rings. The second kappa shape index (κ2) is 9.92. The van der Waals surface area contributed by atoms with Gasteiger partial charge in [-0.3, -0.25) is 9.78 Å². The van der Waals surface area contributed by atoms with Crippen molar-refractivity contribution in [1.82, 2.24) is 15.3 Å². The summed E-state index contributed by atoms with van der Waals surface area (Å²) in [6.45, 7) is 2.16. The van der Waals surface area contributed by atoms with Gasteiger partial charge in [-0.25, -0.2) is 9.78 Å². The summed E-state index contributed by atoms with van der Waals surface area (Å²) in [7, 11) is 0. The topological polar surface area (TPSA) is 116 Å². The Kier molecular flexibility index (Phi) is 6.61. The smallest absolute Gasteiger partial charge is 0.404 e. The number of thiazole rings is 1. The predicted molar refractivity (Wildman–Crippen MR) is 129 cm³/mol. The van der Waals surface area contributed by atoms with Crippen molar-refractivity contribution in [2.24, 2.45) is 0 Å². The zero-order valence-electron chi connectivity index (χ0n) is 17.7. The Hall–Kier alpha value is -4.24. The number of nitrogens with zero attached hydrogens (tertiary/aromatic N) is 2. The summed E-state index contributed by atoms with van der Waals surface area (Å²) in [5.74, 6) is -0.254. The van der Waals surface area contributed by atoms with Crippen molar-refractivity contribution in [3.63, 3.8) is 0 Å². The van der Waals surface area contributed by atoms with Crippen LogP contribution in [0.2, 0.25) is 0 Å². The number of aromatic nitrogens is 2. The summed E-state index contributed by atoms with van der Waals surface area (Å²) in [4.78, 5) is 32.0. The number of rotatable bonds is 7. The van der Waals surface area contributed by atoms with Crippen molar-refractivity contribution in [3.05, 3.63) is 89.1 Å². The molecule has 0 radical (unpaired) electrons. The van der Waals surface area contributed by atoms with E-state index in [-0.39, 0.29) is 12.5 Å². The largest absolute Gasteiger partial charge is 0.465 e. The van der Waals surface area contributed by atoms with Crippen molar-refractivity contribution >= 4 is 39.8 Å². The molecule has 4 aromatic rings. The van der Waals surface area contributed by atoms with Crippen LogP contribution in [0.15, 0.2) is 72.4 Å². The number of aryl methyl sites for hydroxylation is 1. The number of anilines is 3. The van der Waals surface area contributed by atoms with Gasteiger partial charge < -0.3 is 21.1 Å². The van der Waals surface area contributed by atoms with E-state index in [9.17, 15) is 9.59 Å². The van der Waals surface area contributed by atoms with Gasteiger partial charge in [0, 0.05) is 46.8 Å². The molecule has 4 rings (SSSR count). The molecular formula is C24H21N5O3S. The third-order valence-electron chi connectivity index (χ3n) is 4.86. The van der Waals surface area contributed by atoms with Crippen LogP contribution < -0.4 is 16.0 Å². The molecule has 2 aromatic carbocycles.